The monoisotopic (exact) mass is 318 g/mol. The molecule has 1 saturated carbocycles. The van der Waals surface area contributed by atoms with Crippen LogP contribution >= 0.6 is 11.8 Å². The molecule has 1 aromatic rings. The molecule has 1 fully saturated rings. The fourth-order valence-electron chi connectivity index (χ4n) is 2.43. The van der Waals surface area contributed by atoms with Crippen LogP contribution in [-0.2, 0) is 10.0 Å². The van der Waals surface area contributed by atoms with Crippen LogP contribution < -0.4 is 10.5 Å². The predicted octanol–water partition coefficient (Wildman–Crippen LogP) is 2.36. The molecule has 2 rings (SSSR count). The first-order chi connectivity index (χ1) is 9.44. The standard InChI is InChI=1S/C13H19FN2O2S2/c1-2-19-13-5-3-4-12(13)16-20(17,18)9-6-7-10(14)11(15)8-9/h6-8,12-13,16H,2-5,15H2,1H3. The third kappa shape index (κ3) is 3.45. The molecule has 0 aromatic heterocycles. The van der Waals surface area contributed by atoms with Gasteiger partial charge in [0.1, 0.15) is 5.82 Å². The Balaban J connectivity index is 2.16. The van der Waals surface area contributed by atoms with E-state index >= 15 is 0 Å². The average molecular weight is 318 g/mol. The number of nitrogens with one attached hydrogen (secondary N) is 1. The van der Waals surface area contributed by atoms with Gasteiger partial charge in [-0.1, -0.05) is 13.3 Å². The summed E-state index contributed by atoms with van der Waals surface area (Å²) in [5, 5.41) is 0.313. The average Bonchev–Trinajstić information content (AvgIpc) is 2.80. The van der Waals surface area contributed by atoms with Gasteiger partial charge in [0, 0.05) is 11.3 Å². The molecule has 1 aliphatic rings. The van der Waals surface area contributed by atoms with Crippen molar-refractivity contribution in [2.75, 3.05) is 11.5 Å². The number of nitrogen functional groups attached to an aromatic ring is 1. The molecule has 0 aliphatic heterocycles. The Hall–Kier alpha value is -0.790. The molecule has 0 heterocycles. The lowest BCUT2D eigenvalue weighted by molar-refractivity contribution is 0.554. The number of sulfonamides is 1. The minimum absolute atomic E-state index is 0.0172. The van der Waals surface area contributed by atoms with Crippen LogP contribution in [0.25, 0.3) is 0 Å². The summed E-state index contributed by atoms with van der Waals surface area (Å²) in [6.07, 6.45) is 2.89. The van der Waals surface area contributed by atoms with Crippen molar-refractivity contribution in [2.45, 2.75) is 42.4 Å². The van der Waals surface area contributed by atoms with Crippen LogP contribution in [0.2, 0.25) is 0 Å². The Kier molecular flexibility index (Phi) is 4.93. The summed E-state index contributed by atoms with van der Waals surface area (Å²) < 4.78 is 40.4. The number of rotatable bonds is 5. The number of benzene rings is 1. The second-order valence-corrected chi connectivity index (χ2v) is 8.07. The second kappa shape index (κ2) is 6.32. The van der Waals surface area contributed by atoms with Crippen LogP contribution in [0.5, 0.6) is 0 Å². The van der Waals surface area contributed by atoms with E-state index in [-0.39, 0.29) is 16.6 Å². The van der Waals surface area contributed by atoms with E-state index in [2.05, 4.69) is 11.6 Å². The van der Waals surface area contributed by atoms with Crippen LogP contribution in [0.4, 0.5) is 10.1 Å². The van der Waals surface area contributed by atoms with Gasteiger partial charge in [0.2, 0.25) is 10.0 Å². The largest absolute Gasteiger partial charge is 0.396 e. The van der Waals surface area contributed by atoms with Crippen molar-refractivity contribution in [1.29, 1.82) is 0 Å². The summed E-state index contributed by atoms with van der Waals surface area (Å²) in [6, 6.07) is 3.42. The summed E-state index contributed by atoms with van der Waals surface area (Å²) in [5.74, 6) is 0.357. The Bertz CT molecular complexity index is 578. The lowest BCUT2D eigenvalue weighted by Crippen LogP contribution is -2.38. The molecule has 1 aromatic carbocycles. The molecule has 4 nitrogen and oxygen atoms in total. The number of anilines is 1. The van der Waals surface area contributed by atoms with Crippen molar-refractivity contribution >= 4 is 27.5 Å². The van der Waals surface area contributed by atoms with Gasteiger partial charge >= 0.3 is 0 Å². The van der Waals surface area contributed by atoms with Gasteiger partial charge in [-0.25, -0.2) is 17.5 Å². The highest BCUT2D eigenvalue weighted by Gasteiger charge is 2.31. The molecule has 1 aliphatic carbocycles. The normalized spacial score (nSPS) is 23.1. The number of thioether (sulfide) groups is 1. The van der Waals surface area contributed by atoms with Crippen molar-refractivity contribution in [1.82, 2.24) is 4.72 Å². The fourth-order valence-corrected chi connectivity index (χ4v) is 5.06. The number of nitrogens with two attached hydrogens (primary N) is 1. The highest BCUT2D eigenvalue weighted by atomic mass is 32.2. The SMILES string of the molecule is CCSC1CCCC1NS(=O)(=O)c1ccc(F)c(N)c1. The van der Waals surface area contributed by atoms with Gasteiger partial charge in [-0.3, -0.25) is 0 Å². The van der Waals surface area contributed by atoms with Crippen LogP contribution in [-0.4, -0.2) is 25.5 Å². The summed E-state index contributed by atoms with van der Waals surface area (Å²) in [7, 11) is -3.64. The molecule has 0 spiro atoms. The van der Waals surface area contributed by atoms with E-state index in [0.29, 0.717) is 5.25 Å². The van der Waals surface area contributed by atoms with Crippen molar-refractivity contribution in [3.63, 3.8) is 0 Å². The zero-order chi connectivity index (χ0) is 14.8. The maximum atomic E-state index is 13.1. The van der Waals surface area contributed by atoms with E-state index in [4.69, 9.17) is 5.73 Å². The quantitative estimate of drug-likeness (QED) is 0.818. The van der Waals surface area contributed by atoms with Crippen LogP contribution in [0.15, 0.2) is 23.1 Å². The van der Waals surface area contributed by atoms with Gasteiger partial charge in [0.15, 0.2) is 0 Å². The van der Waals surface area contributed by atoms with Gasteiger partial charge < -0.3 is 5.73 Å². The van der Waals surface area contributed by atoms with Crippen LogP contribution in [0.3, 0.4) is 0 Å². The molecule has 3 N–H and O–H groups in total. The molecular weight excluding hydrogens is 299 g/mol. The smallest absolute Gasteiger partial charge is 0.240 e. The second-order valence-electron chi connectivity index (χ2n) is 4.84. The minimum Gasteiger partial charge on any atom is -0.396 e. The minimum atomic E-state index is -3.64. The maximum Gasteiger partial charge on any atom is 0.240 e. The Morgan fingerprint density at radius 2 is 2.20 bits per heavy atom. The molecule has 112 valence electrons. The Labute approximate surface area is 123 Å². The topological polar surface area (TPSA) is 72.2 Å². The molecular formula is C13H19FN2O2S2. The van der Waals surface area contributed by atoms with Gasteiger partial charge in [0.25, 0.3) is 0 Å². The lowest BCUT2D eigenvalue weighted by Gasteiger charge is -2.20. The third-order valence-corrected chi connectivity index (χ3v) is 6.23. The van der Waals surface area contributed by atoms with E-state index in [1.165, 1.54) is 6.07 Å². The first-order valence-electron chi connectivity index (χ1n) is 6.63. The molecule has 2 atom stereocenters. The Morgan fingerprint density at radius 1 is 1.45 bits per heavy atom. The van der Waals surface area contributed by atoms with Crippen molar-refractivity contribution in [2.24, 2.45) is 0 Å². The van der Waals surface area contributed by atoms with E-state index in [9.17, 15) is 12.8 Å². The molecule has 20 heavy (non-hydrogen) atoms. The molecule has 2 unspecified atom stereocenters. The van der Waals surface area contributed by atoms with Crippen LogP contribution in [0, 0.1) is 5.82 Å². The summed E-state index contributed by atoms with van der Waals surface area (Å²) >= 11 is 1.78. The van der Waals surface area contributed by atoms with E-state index in [1.807, 2.05) is 0 Å². The molecule has 7 heteroatoms. The lowest BCUT2D eigenvalue weighted by atomic mass is 10.3. The molecule has 0 amide bonds. The van der Waals surface area contributed by atoms with Gasteiger partial charge in [-0.05, 0) is 36.8 Å². The fraction of sp³-hybridized carbons (Fsp3) is 0.538. The van der Waals surface area contributed by atoms with E-state index in [1.54, 1.807) is 11.8 Å². The van der Waals surface area contributed by atoms with Crippen molar-refractivity contribution < 1.29 is 12.8 Å². The van der Waals surface area contributed by atoms with Crippen molar-refractivity contribution in [3.05, 3.63) is 24.0 Å². The Morgan fingerprint density at radius 3 is 2.85 bits per heavy atom. The molecule has 0 saturated heterocycles. The number of hydrogen-bond acceptors (Lipinski definition) is 4. The highest BCUT2D eigenvalue weighted by molar-refractivity contribution is 8.00. The maximum absolute atomic E-state index is 13.1. The zero-order valence-corrected chi connectivity index (χ0v) is 12.9. The first kappa shape index (κ1) is 15.6. The number of halogens is 1. The zero-order valence-electron chi connectivity index (χ0n) is 11.3. The molecule has 0 radical (unpaired) electrons. The van der Waals surface area contributed by atoms with Crippen LogP contribution in [0.1, 0.15) is 26.2 Å². The third-order valence-electron chi connectivity index (χ3n) is 3.42. The number of hydrogen-bond donors (Lipinski definition) is 2. The predicted molar refractivity (Wildman–Crippen MR) is 80.7 cm³/mol. The first-order valence-corrected chi connectivity index (χ1v) is 9.16. The summed E-state index contributed by atoms with van der Waals surface area (Å²) in [5.41, 5.74) is 5.28. The van der Waals surface area contributed by atoms with Crippen molar-refractivity contribution in [3.8, 4) is 0 Å². The van der Waals surface area contributed by atoms with Gasteiger partial charge in [-0.15, -0.1) is 0 Å². The van der Waals surface area contributed by atoms with Gasteiger partial charge in [0.05, 0.1) is 10.6 Å². The highest BCUT2D eigenvalue weighted by Crippen LogP contribution is 2.31. The summed E-state index contributed by atoms with van der Waals surface area (Å²) in [4.78, 5) is 0.0172. The van der Waals surface area contributed by atoms with E-state index < -0.39 is 15.8 Å². The van der Waals surface area contributed by atoms with Gasteiger partial charge in [-0.2, -0.15) is 11.8 Å². The van der Waals surface area contributed by atoms with E-state index in [0.717, 1.165) is 37.1 Å². The molecule has 0 bridgehead atoms. The summed E-state index contributed by atoms with van der Waals surface area (Å²) in [6.45, 7) is 2.06.